The molecule has 1 aliphatic heterocycles. The van der Waals surface area contributed by atoms with Gasteiger partial charge in [-0.3, -0.25) is 4.98 Å². The van der Waals surface area contributed by atoms with Crippen LogP contribution in [0.2, 0.25) is 0 Å². The second-order valence-corrected chi connectivity index (χ2v) is 7.18. The summed E-state index contributed by atoms with van der Waals surface area (Å²) in [6.45, 7) is 13.3. The Bertz CT molecular complexity index is 432. The minimum absolute atomic E-state index is 0.133. The molecule has 3 nitrogen and oxygen atoms in total. The molecule has 0 aromatic carbocycles. The number of nitrogens with one attached hydrogen (secondary N) is 1. The Morgan fingerprint density at radius 1 is 1.37 bits per heavy atom. The van der Waals surface area contributed by atoms with E-state index >= 15 is 0 Å². The first-order valence-corrected chi connectivity index (χ1v) is 7.25. The van der Waals surface area contributed by atoms with Crippen LogP contribution in [0.25, 0.3) is 0 Å². The van der Waals surface area contributed by atoms with E-state index in [1.807, 2.05) is 12.4 Å². The summed E-state index contributed by atoms with van der Waals surface area (Å²) in [6, 6.07) is 2.16. The second kappa shape index (κ2) is 5.12. The summed E-state index contributed by atoms with van der Waals surface area (Å²) in [5.74, 6) is 0. The molecule has 1 N–H and O–H groups in total. The highest BCUT2D eigenvalue weighted by Gasteiger charge is 2.33. The van der Waals surface area contributed by atoms with Crippen molar-refractivity contribution in [2.75, 3.05) is 11.4 Å². The van der Waals surface area contributed by atoms with E-state index in [1.54, 1.807) is 0 Å². The van der Waals surface area contributed by atoms with Gasteiger partial charge in [0.05, 0.1) is 0 Å². The summed E-state index contributed by atoms with van der Waals surface area (Å²) in [5, 5.41) is 3.56. The van der Waals surface area contributed by atoms with E-state index in [4.69, 9.17) is 0 Å². The lowest BCUT2D eigenvalue weighted by Crippen LogP contribution is -2.40. The minimum atomic E-state index is 0.133. The van der Waals surface area contributed by atoms with E-state index in [0.717, 1.165) is 13.1 Å². The summed E-state index contributed by atoms with van der Waals surface area (Å²) in [6.07, 6.45) is 6.45. The van der Waals surface area contributed by atoms with Crippen molar-refractivity contribution in [3.63, 3.8) is 0 Å². The number of anilines is 1. The molecule has 0 spiro atoms. The highest BCUT2D eigenvalue weighted by atomic mass is 15.2. The van der Waals surface area contributed by atoms with Crippen LogP contribution in [0.4, 0.5) is 5.69 Å². The zero-order valence-electron chi connectivity index (χ0n) is 13.0. The Hall–Kier alpha value is -1.09. The van der Waals surface area contributed by atoms with Crippen LogP contribution in [0.5, 0.6) is 0 Å². The predicted molar refractivity (Wildman–Crippen MR) is 81.5 cm³/mol. The van der Waals surface area contributed by atoms with Crippen molar-refractivity contribution in [1.29, 1.82) is 0 Å². The van der Waals surface area contributed by atoms with E-state index in [-0.39, 0.29) is 11.1 Å². The Kier molecular flexibility index (Phi) is 3.86. The van der Waals surface area contributed by atoms with Crippen LogP contribution < -0.4 is 10.2 Å². The number of nitrogens with zero attached hydrogens (tertiary/aromatic N) is 2. The summed E-state index contributed by atoms with van der Waals surface area (Å²) in [4.78, 5) is 6.83. The minimum Gasteiger partial charge on any atom is -0.366 e. The third-order valence-corrected chi connectivity index (χ3v) is 3.88. The van der Waals surface area contributed by atoms with Crippen LogP contribution >= 0.6 is 0 Å². The first kappa shape index (κ1) is 14.3. The number of hydrogen-bond acceptors (Lipinski definition) is 3. The molecule has 0 amide bonds. The SMILES string of the molecule is CC(C)(C)NCc1cnccc1N1CCCC1(C)C. The third kappa shape index (κ3) is 3.47. The Morgan fingerprint density at radius 3 is 2.68 bits per heavy atom. The van der Waals surface area contributed by atoms with E-state index in [0.29, 0.717) is 0 Å². The largest absolute Gasteiger partial charge is 0.366 e. The maximum absolute atomic E-state index is 4.30. The zero-order valence-corrected chi connectivity index (χ0v) is 13.0. The van der Waals surface area contributed by atoms with Crippen molar-refractivity contribution in [3.8, 4) is 0 Å². The molecule has 106 valence electrons. The van der Waals surface area contributed by atoms with Crippen molar-refractivity contribution in [2.45, 2.75) is 65.1 Å². The molecule has 1 aromatic heterocycles. The van der Waals surface area contributed by atoms with Crippen LogP contribution in [0.1, 0.15) is 53.0 Å². The van der Waals surface area contributed by atoms with Crippen molar-refractivity contribution in [3.05, 3.63) is 24.0 Å². The lowest BCUT2D eigenvalue weighted by molar-refractivity contribution is 0.423. The number of hydrogen-bond donors (Lipinski definition) is 1. The topological polar surface area (TPSA) is 28.2 Å². The molecule has 0 radical (unpaired) electrons. The molecule has 0 atom stereocenters. The monoisotopic (exact) mass is 261 g/mol. The maximum atomic E-state index is 4.30. The molecule has 19 heavy (non-hydrogen) atoms. The molecule has 2 heterocycles. The molecule has 1 aliphatic rings. The van der Waals surface area contributed by atoms with Gasteiger partial charge in [-0.25, -0.2) is 0 Å². The summed E-state index contributed by atoms with van der Waals surface area (Å²) in [5.41, 5.74) is 3.03. The molecular weight excluding hydrogens is 234 g/mol. The molecule has 2 rings (SSSR count). The van der Waals surface area contributed by atoms with E-state index in [1.165, 1.54) is 24.1 Å². The standard InChI is InChI=1S/C16H27N3/c1-15(2,3)18-12-13-11-17-9-7-14(13)19-10-6-8-16(19,4)5/h7,9,11,18H,6,8,10,12H2,1-5H3. The number of pyridine rings is 1. The van der Waals surface area contributed by atoms with E-state index in [9.17, 15) is 0 Å². The van der Waals surface area contributed by atoms with Crippen LogP contribution in [-0.2, 0) is 6.54 Å². The zero-order chi connectivity index (χ0) is 14.1. The molecule has 1 aromatic rings. The first-order valence-electron chi connectivity index (χ1n) is 7.25. The Balaban J connectivity index is 2.21. The maximum Gasteiger partial charge on any atom is 0.0447 e. The summed E-state index contributed by atoms with van der Waals surface area (Å²) in [7, 11) is 0. The van der Waals surface area contributed by atoms with Gasteiger partial charge >= 0.3 is 0 Å². The normalized spacial score (nSPS) is 18.9. The summed E-state index contributed by atoms with van der Waals surface area (Å²) >= 11 is 0. The van der Waals surface area contributed by atoms with Crippen LogP contribution in [0, 0.1) is 0 Å². The van der Waals surface area contributed by atoms with Crippen molar-refractivity contribution >= 4 is 5.69 Å². The van der Waals surface area contributed by atoms with Crippen LogP contribution in [-0.4, -0.2) is 22.6 Å². The number of rotatable bonds is 3. The lowest BCUT2D eigenvalue weighted by atomic mass is 10.0. The van der Waals surface area contributed by atoms with Crippen molar-refractivity contribution in [2.24, 2.45) is 0 Å². The quantitative estimate of drug-likeness (QED) is 0.904. The summed E-state index contributed by atoms with van der Waals surface area (Å²) < 4.78 is 0. The third-order valence-electron chi connectivity index (χ3n) is 3.88. The molecule has 1 fully saturated rings. The molecule has 1 saturated heterocycles. The number of aromatic nitrogens is 1. The molecule has 3 heteroatoms. The van der Waals surface area contributed by atoms with Crippen molar-refractivity contribution < 1.29 is 0 Å². The van der Waals surface area contributed by atoms with E-state index in [2.05, 4.69) is 55.9 Å². The van der Waals surface area contributed by atoms with Crippen LogP contribution in [0.3, 0.4) is 0 Å². The van der Waals surface area contributed by atoms with Gasteiger partial charge in [-0.2, -0.15) is 0 Å². The van der Waals surface area contributed by atoms with Gasteiger partial charge in [-0.15, -0.1) is 0 Å². The molecule has 0 unspecified atom stereocenters. The molecule has 0 bridgehead atoms. The van der Waals surface area contributed by atoms with Crippen molar-refractivity contribution in [1.82, 2.24) is 10.3 Å². The fourth-order valence-electron chi connectivity index (χ4n) is 2.73. The Labute approximate surface area is 117 Å². The average molecular weight is 261 g/mol. The highest BCUT2D eigenvalue weighted by Crippen LogP contribution is 2.35. The molecule has 0 saturated carbocycles. The van der Waals surface area contributed by atoms with Gasteiger partial charge in [0.25, 0.3) is 0 Å². The van der Waals surface area contributed by atoms with Crippen LogP contribution in [0.15, 0.2) is 18.5 Å². The Morgan fingerprint density at radius 2 is 2.11 bits per heavy atom. The van der Waals surface area contributed by atoms with Gasteiger partial charge in [-0.1, -0.05) is 0 Å². The van der Waals surface area contributed by atoms with Gasteiger partial charge in [0, 0.05) is 47.8 Å². The van der Waals surface area contributed by atoms with Gasteiger partial charge in [0.15, 0.2) is 0 Å². The van der Waals surface area contributed by atoms with E-state index < -0.39 is 0 Å². The first-order chi connectivity index (χ1) is 8.80. The van der Waals surface area contributed by atoms with Gasteiger partial charge in [-0.05, 0) is 53.5 Å². The molecular formula is C16H27N3. The van der Waals surface area contributed by atoms with Gasteiger partial charge in [0.1, 0.15) is 0 Å². The highest BCUT2D eigenvalue weighted by molar-refractivity contribution is 5.55. The predicted octanol–water partition coefficient (Wildman–Crippen LogP) is 3.35. The van der Waals surface area contributed by atoms with Gasteiger partial charge < -0.3 is 10.2 Å². The fourth-order valence-corrected chi connectivity index (χ4v) is 2.73. The lowest BCUT2D eigenvalue weighted by Gasteiger charge is -2.35. The van der Waals surface area contributed by atoms with Gasteiger partial charge in [0.2, 0.25) is 0 Å². The smallest absolute Gasteiger partial charge is 0.0447 e. The fraction of sp³-hybridized carbons (Fsp3) is 0.688. The molecule has 0 aliphatic carbocycles. The second-order valence-electron chi connectivity index (χ2n) is 7.18. The average Bonchev–Trinajstić information content (AvgIpc) is 2.66.